The van der Waals surface area contributed by atoms with Gasteiger partial charge in [-0.3, -0.25) is 9.88 Å². The van der Waals surface area contributed by atoms with E-state index >= 15 is 0 Å². The van der Waals surface area contributed by atoms with Crippen LogP contribution in [0.5, 0.6) is 0 Å². The Morgan fingerprint density at radius 3 is 2.75 bits per heavy atom. The SMILES string of the molecule is Cc1cc(-c2ccc(-c3nnn(C)n3)nc2)ccc1N1C[C@H](CNc2ccon2)OC1=O. The summed E-state index contributed by atoms with van der Waals surface area (Å²) in [4.78, 5) is 19.9. The number of nitrogens with zero attached hydrogens (tertiary/aromatic N) is 7. The van der Waals surface area contributed by atoms with Crippen molar-refractivity contribution in [3.8, 4) is 22.6 Å². The van der Waals surface area contributed by atoms with Crippen LogP contribution in [-0.2, 0) is 11.8 Å². The van der Waals surface area contributed by atoms with Crippen molar-refractivity contribution in [2.45, 2.75) is 13.0 Å². The number of amides is 1. The van der Waals surface area contributed by atoms with E-state index in [4.69, 9.17) is 9.26 Å². The molecule has 3 aromatic heterocycles. The average molecular weight is 432 g/mol. The lowest BCUT2D eigenvalue weighted by atomic mass is 10.0. The molecule has 0 radical (unpaired) electrons. The van der Waals surface area contributed by atoms with Crippen molar-refractivity contribution in [2.24, 2.45) is 7.05 Å². The maximum atomic E-state index is 12.4. The first-order valence-corrected chi connectivity index (χ1v) is 10.0. The summed E-state index contributed by atoms with van der Waals surface area (Å²) in [5.74, 6) is 1.08. The molecule has 1 saturated heterocycles. The number of hydrogen-bond acceptors (Lipinski definition) is 9. The number of anilines is 2. The second-order valence-corrected chi connectivity index (χ2v) is 7.42. The molecule has 1 fully saturated rings. The summed E-state index contributed by atoms with van der Waals surface area (Å²) >= 11 is 0. The Labute approximate surface area is 183 Å². The fourth-order valence-electron chi connectivity index (χ4n) is 3.57. The Balaban J connectivity index is 1.29. The lowest BCUT2D eigenvalue weighted by Crippen LogP contribution is -2.27. The largest absolute Gasteiger partial charge is 0.442 e. The van der Waals surface area contributed by atoms with Crippen LogP contribution in [0.2, 0.25) is 0 Å². The minimum Gasteiger partial charge on any atom is -0.442 e. The molecule has 1 amide bonds. The number of carbonyl (C=O) groups is 1. The first kappa shape index (κ1) is 19.7. The zero-order valence-electron chi connectivity index (χ0n) is 17.5. The molecular weight excluding hydrogens is 412 g/mol. The Kier molecular flexibility index (Phi) is 4.98. The van der Waals surface area contributed by atoms with E-state index in [1.54, 1.807) is 24.2 Å². The number of aryl methyl sites for hydroxylation is 2. The van der Waals surface area contributed by atoms with Gasteiger partial charge in [-0.05, 0) is 41.5 Å². The topological polar surface area (TPSA) is 124 Å². The summed E-state index contributed by atoms with van der Waals surface area (Å²) in [5.41, 5.74) is 4.38. The number of cyclic esters (lactones) is 1. The number of carbonyl (C=O) groups excluding carboxylic acids is 1. The van der Waals surface area contributed by atoms with E-state index in [0.717, 1.165) is 22.4 Å². The molecule has 0 bridgehead atoms. The molecule has 1 aliphatic heterocycles. The first-order chi connectivity index (χ1) is 15.6. The number of aromatic nitrogens is 6. The summed E-state index contributed by atoms with van der Waals surface area (Å²) in [6.45, 7) is 2.87. The summed E-state index contributed by atoms with van der Waals surface area (Å²) in [6.07, 6.45) is 2.60. The zero-order chi connectivity index (χ0) is 22.1. The molecule has 4 aromatic rings. The van der Waals surface area contributed by atoms with E-state index in [1.165, 1.54) is 11.1 Å². The van der Waals surface area contributed by atoms with Gasteiger partial charge < -0.3 is 14.6 Å². The van der Waals surface area contributed by atoms with Crippen molar-refractivity contribution in [1.29, 1.82) is 0 Å². The van der Waals surface area contributed by atoms with Gasteiger partial charge >= 0.3 is 6.09 Å². The third-order valence-electron chi connectivity index (χ3n) is 5.14. The predicted octanol–water partition coefficient (Wildman–Crippen LogP) is 2.67. The molecular formula is C21H20N8O3. The van der Waals surface area contributed by atoms with Gasteiger partial charge in [-0.2, -0.15) is 4.80 Å². The number of rotatable bonds is 6. The highest BCUT2D eigenvalue weighted by molar-refractivity contribution is 5.91. The number of tetrazole rings is 1. The van der Waals surface area contributed by atoms with Crippen LogP contribution >= 0.6 is 0 Å². The monoisotopic (exact) mass is 432 g/mol. The summed E-state index contributed by atoms with van der Waals surface area (Å²) in [5, 5.41) is 18.9. The lowest BCUT2D eigenvalue weighted by molar-refractivity contribution is 0.147. The van der Waals surface area contributed by atoms with Crippen LogP contribution < -0.4 is 10.2 Å². The standard InChI is InChI=1S/C21H20N8O3/c1-13-9-14(15-3-5-17(22-10-15)20-24-27-28(2)25-20)4-6-18(13)29-12-16(32-21(29)30)11-23-19-7-8-31-26-19/h3-10,16H,11-12H2,1-2H3,(H,23,26)/t16-/m0/s1. The van der Waals surface area contributed by atoms with Crippen molar-refractivity contribution < 1.29 is 14.1 Å². The molecule has 1 N–H and O–H groups in total. The van der Waals surface area contributed by atoms with Gasteiger partial charge in [0.2, 0.25) is 5.82 Å². The van der Waals surface area contributed by atoms with Crippen LogP contribution in [0.4, 0.5) is 16.3 Å². The molecule has 0 unspecified atom stereocenters. The van der Waals surface area contributed by atoms with Gasteiger partial charge in [0.1, 0.15) is 18.1 Å². The van der Waals surface area contributed by atoms with Crippen molar-refractivity contribution in [3.63, 3.8) is 0 Å². The quantitative estimate of drug-likeness (QED) is 0.489. The number of pyridine rings is 1. The van der Waals surface area contributed by atoms with Gasteiger partial charge in [-0.15, -0.1) is 10.2 Å². The van der Waals surface area contributed by atoms with Crippen LogP contribution in [0.25, 0.3) is 22.6 Å². The minimum absolute atomic E-state index is 0.287. The molecule has 11 nitrogen and oxygen atoms in total. The molecule has 4 heterocycles. The van der Waals surface area contributed by atoms with E-state index in [-0.39, 0.29) is 12.2 Å². The predicted molar refractivity (Wildman–Crippen MR) is 115 cm³/mol. The van der Waals surface area contributed by atoms with Gasteiger partial charge in [0.25, 0.3) is 0 Å². The summed E-state index contributed by atoms with van der Waals surface area (Å²) in [6, 6.07) is 11.5. The fourth-order valence-corrected chi connectivity index (χ4v) is 3.57. The third-order valence-corrected chi connectivity index (χ3v) is 5.14. The molecule has 1 aliphatic rings. The van der Waals surface area contributed by atoms with Crippen molar-refractivity contribution in [2.75, 3.05) is 23.3 Å². The van der Waals surface area contributed by atoms with Crippen molar-refractivity contribution in [3.05, 3.63) is 54.4 Å². The van der Waals surface area contributed by atoms with Crippen molar-refractivity contribution in [1.82, 2.24) is 30.3 Å². The van der Waals surface area contributed by atoms with Gasteiger partial charge in [0.05, 0.1) is 25.8 Å². The van der Waals surface area contributed by atoms with Gasteiger partial charge in [0, 0.05) is 17.8 Å². The molecule has 32 heavy (non-hydrogen) atoms. The molecule has 162 valence electrons. The average Bonchev–Trinajstić information content (AvgIpc) is 3.54. The van der Waals surface area contributed by atoms with Crippen LogP contribution in [0.3, 0.4) is 0 Å². The number of ether oxygens (including phenoxy) is 1. The summed E-state index contributed by atoms with van der Waals surface area (Å²) < 4.78 is 10.3. The smallest absolute Gasteiger partial charge is 0.414 e. The number of benzene rings is 1. The van der Waals surface area contributed by atoms with E-state index < -0.39 is 0 Å². The van der Waals surface area contributed by atoms with Crippen LogP contribution in [0.1, 0.15) is 5.56 Å². The lowest BCUT2D eigenvalue weighted by Gasteiger charge is -2.17. The molecule has 0 aliphatic carbocycles. The normalized spacial score (nSPS) is 15.8. The molecule has 1 atom stereocenters. The van der Waals surface area contributed by atoms with Gasteiger partial charge in [-0.1, -0.05) is 17.3 Å². The highest BCUT2D eigenvalue weighted by atomic mass is 16.6. The first-order valence-electron chi connectivity index (χ1n) is 10.0. The minimum atomic E-state index is -0.365. The number of hydrogen-bond donors (Lipinski definition) is 1. The van der Waals surface area contributed by atoms with E-state index in [0.29, 0.717) is 30.4 Å². The molecule has 5 rings (SSSR count). The Morgan fingerprint density at radius 2 is 2.06 bits per heavy atom. The zero-order valence-corrected chi connectivity index (χ0v) is 17.5. The third kappa shape index (κ3) is 3.87. The highest BCUT2D eigenvalue weighted by Crippen LogP contribution is 2.30. The Morgan fingerprint density at radius 1 is 1.19 bits per heavy atom. The Bertz CT molecular complexity index is 1240. The molecule has 11 heteroatoms. The summed E-state index contributed by atoms with van der Waals surface area (Å²) in [7, 11) is 1.71. The molecule has 0 saturated carbocycles. The maximum Gasteiger partial charge on any atom is 0.414 e. The van der Waals surface area contributed by atoms with Crippen molar-refractivity contribution >= 4 is 17.6 Å². The Hall–Kier alpha value is -4.28. The highest BCUT2D eigenvalue weighted by Gasteiger charge is 2.33. The van der Waals surface area contributed by atoms with Gasteiger partial charge in [-0.25, -0.2) is 4.79 Å². The second kappa shape index (κ2) is 8.10. The van der Waals surface area contributed by atoms with Crippen LogP contribution in [0, 0.1) is 6.92 Å². The molecule has 0 spiro atoms. The van der Waals surface area contributed by atoms with Crippen LogP contribution in [0.15, 0.2) is 53.4 Å². The number of nitrogens with one attached hydrogen (secondary N) is 1. The van der Waals surface area contributed by atoms with E-state index in [2.05, 4.69) is 30.9 Å². The van der Waals surface area contributed by atoms with Crippen LogP contribution in [-0.4, -0.2) is 55.6 Å². The maximum absolute atomic E-state index is 12.4. The van der Waals surface area contributed by atoms with Gasteiger partial charge in [0.15, 0.2) is 5.82 Å². The molecule has 1 aromatic carbocycles. The van der Waals surface area contributed by atoms with E-state index in [9.17, 15) is 4.79 Å². The fraction of sp³-hybridized carbons (Fsp3) is 0.238. The van der Waals surface area contributed by atoms with E-state index in [1.807, 2.05) is 37.3 Å². The second-order valence-electron chi connectivity index (χ2n) is 7.42.